The predicted octanol–water partition coefficient (Wildman–Crippen LogP) is 3.06. The van der Waals surface area contributed by atoms with Crippen LogP contribution in [0.4, 0.5) is 13.2 Å². The van der Waals surface area contributed by atoms with Gasteiger partial charge in [-0.2, -0.15) is 13.2 Å². The molecule has 0 fully saturated rings. The maximum absolute atomic E-state index is 12.7. The number of phenols is 1. The van der Waals surface area contributed by atoms with Crippen molar-refractivity contribution >= 4 is 0 Å². The second kappa shape index (κ2) is 5.38. The highest BCUT2D eigenvalue weighted by Crippen LogP contribution is 2.31. The molecule has 7 heteroatoms. The molecule has 0 bridgehead atoms. The fourth-order valence-electron chi connectivity index (χ4n) is 1.54. The summed E-state index contributed by atoms with van der Waals surface area (Å²) in [5, 5.41) is 9.28. The fraction of sp³-hybridized carbons (Fsp3) is 0.154. The first-order valence-corrected chi connectivity index (χ1v) is 5.63. The summed E-state index contributed by atoms with van der Waals surface area (Å²) in [5.74, 6) is -0.112. The number of halogens is 3. The molecule has 0 saturated carbocycles. The molecule has 0 aliphatic heterocycles. The lowest BCUT2D eigenvalue weighted by Gasteiger charge is -2.11. The monoisotopic (exact) mass is 284 g/mol. The number of hydrogen-bond donors (Lipinski definition) is 2. The van der Waals surface area contributed by atoms with E-state index in [9.17, 15) is 18.3 Å². The Morgan fingerprint density at radius 2 is 1.95 bits per heavy atom. The topological polar surface area (TPSA) is 68.4 Å². The van der Waals surface area contributed by atoms with Gasteiger partial charge >= 0.3 is 6.18 Å². The molecule has 0 spiro atoms. The molecular weight excluding hydrogens is 273 g/mol. The molecule has 0 unspecified atom stereocenters. The Bertz CT molecular complexity index is 615. The van der Waals surface area contributed by atoms with Crippen LogP contribution in [0.2, 0.25) is 0 Å². The molecule has 0 atom stereocenters. The van der Waals surface area contributed by atoms with Crippen LogP contribution < -0.4 is 10.5 Å². The van der Waals surface area contributed by atoms with Crippen molar-refractivity contribution < 1.29 is 23.0 Å². The third kappa shape index (κ3) is 3.39. The number of hydrogen-bond acceptors (Lipinski definition) is 4. The van der Waals surface area contributed by atoms with Crippen LogP contribution in [0.3, 0.4) is 0 Å². The first-order chi connectivity index (χ1) is 9.38. The highest BCUT2D eigenvalue weighted by Gasteiger charge is 2.33. The van der Waals surface area contributed by atoms with Crippen LogP contribution in [0.5, 0.6) is 17.4 Å². The highest BCUT2D eigenvalue weighted by molar-refractivity contribution is 5.35. The van der Waals surface area contributed by atoms with E-state index in [-0.39, 0.29) is 29.5 Å². The Kier molecular flexibility index (Phi) is 3.80. The second-order valence-corrected chi connectivity index (χ2v) is 4.00. The number of ether oxygens (including phenoxy) is 1. The van der Waals surface area contributed by atoms with Crippen molar-refractivity contribution in [2.45, 2.75) is 12.7 Å². The Morgan fingerprint density at radius 3 is 2.55 bits per heavy atom. The van der Waals surface area contributed by atoms with Gasteiger partial charge in [0.05, 0.1) is 0 Å². The predicted molar refractivity (Wildman–Crippen MR) is 65.3 cm³/mol. The molecule has 1 aromatic heterocycles. The van der Waals surface area contributed by atoms with E-state index in [1.165, 1.54) is 30.3 Å². The number of nitrogens with two attached hydrogens (primary N) is 1. The number of phenolic OH excluding ortho intramolecular Hbond substituents is 1. The summed E-state index contributed by atoms with van der Waals surface area (Å²) in [5.41, 5.74) is 4.54. The molecule has 1 heterocycles. The van der Waals surface area contributed by atoms with E-state index >= 15 is 0 Å². The van der Waals surface area contributed by atoms with Gasteiger partial charge in [-0.15, -0.1) is 0 Å². The van der Waals surface area contributed by atoms with Gasteiger partial charge in [0.25, 0.3) is 0 Å². The zero-order valence-electron chi connectivity index (χ0n) is 10.2. The zero-order chi connectivity index (χ0) is 14.8. The number of aromatic hydroxyl groups is 1. The lowest BCUT2D eigenvalue weighted by Crippen LogP contribution is -2.10. The lowest BCUT2D eigenvalue weighted by molar-refractivity contribution is -0.141. The molecule has 20 heavy (non-hydrogen) atoms. The standard InChI is InChI=1S/C13H11F3N2O2/c14-13(15,16)11-4-8(7-17)5-12(18-11)20-10-3-1-2-9(19)6-10/h1-6,19H,7,17H2. The van der Waals surface area contributed by atoms with Crippen molar-refractivity contribution in [2.24, 2.45) is 5.73 Å². The Labute approximate surface area is 112 Å². The molecular formula is C13H11F3N2O2. The summed E-state index contributed by atoms with van der Waals surface area (Å²) >= 11 is 0. The van der Waals surface area contributed by atoms with Crippen molar-refractivity contribution in [3.8, 4) is 17.4 Å². The molecule has 0 amide bonds. The Hall–Kier alpha value is -2.28. The van der Waals surface area contributed by atoms with Crippen LogP contribution in [0.1, 0.15) is 11.3 Å². The number of aromatic nitrogens is 1. The summed E-state index contributed by atoms with van der Waals surface area (Å²) in [7, 11) is 0. The number of rotatable bonds is 3. The van der Waals surface area contributed by atoms with E-state index in [1.807, 2.05) is 0 Å². The summed E-state index contributed by atoms with van der Waals surface area (Å²) < 4.78 is 43.3. The second-order valence-electron chi connectivity index (χ2n) is 4.00. The first kappa shape index (κ1) is 14.1. The minimum absolute atomic E-state index is 0.0616. The number of nitrogens with zero attached hydrogens (tertiary/aromatic N) is 1. The summed E-state index contributed by atoms with van der Waals surface area (Å²) in [6.07, 6.45) is -4.58. The van der Waals surface area contributed by atoms with E-state index in [2.05, 4.69) is 4.98 Å². The molecule has 3 N–H and O–H groups in total. The maximum Gasteiger partial charge on any atom is 0.433 e. The molecule has 4 nitrogen and oxygen atoms in total. The van der Waals surface area contributed by atoms with Crippen molar-refractivity contribution in [3.05, 3.63) is 47.7 Å². The van der Waals surface area contributed by atoms with Crippen molar-refractivity contribution in [1.82, 2.24) is 4.98 Å². The average Bonchev–Trinajstić information content (AvgIpc) is 2.37. The molecule has 0 radical (unpaired) electrons. The summed E-state index contributed by atoms with van der Waals surface area (Å²) in [4.78, 5) is 3.39. The average molecular weight is 284 g/mol. The quantitative estimate of drug-likeness (QED) is 0.909. The minimum atomic E-state index is -4.58. The molecule has 0 aliphatic carbocycles. The summed E-state index contributed by atoms with van der Waals surface area (Å²) in [6.45, 7) is -0.0675. The van der Waals surface area contributed by atoms with Crippen LogP contribution >= 0.6 is 0 Å². The van der Waals surface area contributed by atoms with E-state index in [4.69, 9.17) is 10.5 Å². The highest BCUT2D eigenvalue weighted by atomic mass is 19.4. The van der Waals surface area contributed by atoms with Gasteiger partial charge < -0.3 is 15.6 Å². The van der Waals surface area contributed by atoms with Gasteiger partial charge in [0.1, 0.15) is 17.2 Å². The molecule has 2 aromatic rings. The zero-order valence-corrected chi connectivity index (χ0v) is 10.2. The molecule has 106 valence electrons. The van der Waals surface area contributed by atoms with Crippen molar-refractivity contribution in [2.75, 3.05) is 0 Å². The Balaban J connectivity index is 2.36. The van der Waals surface area contributed by atoms with E-state index < -0.39 is 11.9 Å². The van der Waals surface area contributed by atoms with E-state index in [1.54, 1.807) is 0 Å². The van der Waals surface area contributed by atoms with Gasteiger partial charge in [-0.1, -0.05) is 6.07 Å². The first-order valence-electron chi connectivity index (χ1n) is 5.63. The number of alkyl halides is 3. The van der Waals surface area contributed by atoms with Crippen LogP contribution in [0.15, 0.2) is 36.4 Å². The van der Waals surface area contributed by atoms with Gasteiger partial charge in [-0.25, -0.2) is 4.98 Å². The number of pyridine rings is 1. The smallest absolute Gasteiger partial charge is 0.433 e. The van der Waals surface area contributed by atoms with Crippen LogP contribution in [0, 0.1) is 0 Å². The van der Waals surface area contributed by atoms with Gasteiger partial charge in [-0.05, 0) is 23.8 Å². The largest absolute Gasteiger partial charge is 0.508 e. The van der Waals surface area contributed by atoms with Crippen LogP contribution in [0.25, 0.3) is 0 Å². The van der Waals surface area contributed by atoms with Gasteiger partial charge in [0.15, 0.2) is 0 Å². The van der Waals surface area contributed by atoms with Gasteiger partial charge in [-0.3, -0.25) is 0 Å². The van der Waals surface area contributed by atoms with Crippen LogP contribution in [-0.2, 0) is 12.7 Å². The van der Waals surface area contributed by atoms with Crippen molar-refractivity contribution in [1.29, 1.82) is 0 Å². The molecule has 2 rings (SSSR count). The number of benzene rings is 1. The summed E-state index contributed by atoms with van der Waals surface area (Å²) in [6, 6.07) is 7.86. The molecule has 1 aromatic carbocycles. The van der Waals surface area contributed by atoms with E-state index in [0.29, 0.717) is 0 Å². The molecule has 0 saturated heterocycles. The third-order valence-electron chi connectivity index (χ3n) is 2.43. The van der Waals surface area contributed by atoms with Crippen molar-refractivity contribution in [3.63, 3.8) is 0 Å². The normalized spacial score (nSPS) is 11.4. The van der Waals surface area contributed by atoms with Gasteiger partial charge in [0.2, 0.25) is 5.88 Å². The third-order valence-corrected chi connectivity index (χ3v) is 2.43. The maximum atomic E-state index is 12.7. The molecule has 0 aliphatic rings. The lowest BCUT2D eigenvalue weighted by atomic mass is 10.2. The van der Waals surface area contributed by atoms with E-state index in [0.717, 1.165) is 6.07 Å². The Morgan fingerprint density at radius 1 is 1.20 bits per heavy atom. The SMILES string of the molecule is NCc1cc(Oc2cccc(O)c2)nc(C(F)(F)F)c1. The minimum Gasteiger partial charge on any atom is -0.508 e. The van der Waals surface area contributed by atoms with Crippen LogP contribution in [-0.4, -0.2) is 10.1 Å². The fourth-order valence-corrected chi connectivity index (χ4v) is 1.54. The van der Waals surface area contributed by atoms with Gasteiger partial charge in [0, 0.05) is 18.7 Å².